The maximum Gasteiger partial charge on any atom is 0.322 e. The van der Waals surface area contributed by atoms with Gasteiger partial charge in [-0.15, -0.1) is 11.3 Å². The van der Waals surface area contributed by atoms with Crippen molar-refractivity contribution in [2.75, 3.05) is 31.6 Å². The van der Waals surface area contributed by atoms with Crippen molar-refractivity contribution in [2.45, 2.75) is 53.0 Å². The molecule has 0 fully saturated rings. The number of benzene rings is 2. The number of nitrogens with one attached hydrogen (secondary N) is 1. The molecule has 7 heteroatoms. The highest BCUT2D eigenvalue weighted by molar-refractivity contribution is 7.10. The molecule has 1 N–H and O–H groups in total. The van der Waals surface area contributed by atoms with E-state index in [0.29, 0.717) is 25.6 Å². The Bertz CT molecular complexity index is 1220. The zero-order valence-electron chi connectivity index (χ0n) is 23.1. The molecule has 1 atom stereocenters. The van der Waals surface area contributed by atoms with Crippen molar-refractivity contribution in [3.05, 3.63) is 81.5 Å². The standard InChI is InChI=1S/C31H39N3O3S/c1-21(2)18-33(31(36)32-25-10-6-23(5)7-11-25)19-30(35)34-16-14-29-27(15-17-38-29)28(34)20-37-26-12-8-24(9-13-26)22(3)4/h6-13,15,17,21-22,28H,14,16,18-20H2,1-5H3,(H,32,36). The zero-order valence-corrected chi connectivity index (χ0v) is 23.9. The molecule has 0 radical (unpaired) electrons. The van der Waals surface area contributed by atoms with Gasteiger partial charge in [0.05, 0.1) is 6.04 Å². The van der Waals surface area contributed by atoms with Gasteiger partial charge in [-0.2, -0.15) is 0 Å². The van der Waals surface area contributed by atoms with E-state index in [1.165, 1.54) is 10.4 Å². The fourth-order valence-electron chi connectivity index (χ4n) is 4.75. The minimum Gasteiger partial charge on any atom is -0.491 e. The van der Waals surface area contributed by atoms with Crippen LogP contribution in [0.1, 0.15) is 61.2 Å². The Morgan fingerprint density at radius 2 is 1.76 bits per heavy atom. The van der Waals surface area contributed by atoms with Crippen LogP contribution in [0.15, 0.2) is 60.0 Å². The lowest BCUT2D eigenvalue weighted by Gasteiger charge is -2.37. The Morgan fingerprint density at radius 3 is 2.42 bits per heavy atom. The maximum atomic E-state index is 13.7. The number of aryl methyl sites for hydroxylation is 1. The van der Waals surface area contributed by atoms with Crippen molar-refractivity contribution < 1.29 is 14.3 Å². The first-order valence-corrected chi connectivity index (χ1v) is 14.3. The molecule has 0 aliphatic carbocycles. The highest BCUT2D eigenvalue weighted by Crippen LogP contribution is 2.34. The molecule has 0 saturated heterocycles. The topological polar surface area (TPSA) is 61.9 Å². The number of hydrogen-bond donors (Lipinski definition) is 1. The number of urea groups is 1. The van der Waals surface area contributed by atoms with E-state index in [-0.39, 0.29) is 30.4 Å². The van der Waals surface area contributed by atoms with Crippen LogP contribution in [-0.2, 0) is 11.2 Å². The molecule has 4 rings (SSSR count). The summed E-state index contributed by atoms with van der Waals surface area (Å²) in [5.74, 6) is 1.42. The molecule has 202 valence electrons. The average Bonchev–Trinajstić information content (AvgIpc) is 3.37. The first kappa shape index (κ1) is 27.7. The molecule has 1 unspecified atom stereocenters. The predicted octanol–water partition coefficient (Wildman–Crippen LogP) is 6.87. The van der Waals surface area contributed by atoms with Gasteiger partial charge in [0.15, 0.2) is 0 Å². The quantitative estimate of drug-likeness (QED) is 0.326. The molecule has 6 nitrogen and oxygen atoms in total. The molecule has 1 aliphatic heterocycles. The van der Waals surface area contributed by atoms with Crippen LogP contribution in [0.2, 0.25) is 0 Å². The number of fused-ring (bicyclic) bond motifs is 1. The van der Waals surface area contributed by atoms with E-state index in [4.69, 9.17) is 4.74 Å². The Labute approximate surface area is 230 Å². The number of thiophene rings is 1. The van der Waals surface area contributed by atoms with Crippen LogP contribution in [0.5, 0.6) is 5.75 Å². The molecule has 0 saturated carbocycles. The SMILES string of the molecule is Cc1ccc(NC(=O)N(CC(=O)N2CCc3sccc3C2COc2ccc(C(C)C)cc2)CC(C)C)cc1. The molecule has 0 bridgehead atoms. The van der Waals surface area contributed by atoms with Gasteiger partial charge < -0.3 is 19.9 Å². The van der Waals surface area contributed by atoms with Crippen LogP contribution in [0.3, 0.4) is 0 Å². The first-order chi connectivity index (χ1) is 18.2. The van der Waals surface area contributed by atoms with E-state index in [1.807, 2.05) is 48.2 Å². The normalized spacial score (nSPS) is 14.9. The number of nitrogens with zero attached hydrogens (tertiary/aromatic N) is 2. The largest absolute Gasteiger partial charge is 0.491 e. The first-order valence-electron chi connectivity index (χ1n) is 13.4. The van der Waals surface area contributed by atoms with Crippen molar-refractivity contribution >= 4 is 29.0 Å². The monoisotopic (exact) mass is 533 g/mol. The van der Waals surface area contributed by atoms with Crippen LogP contribution in [0.4, 0.5) is 10.5 Å². The Morgan fingerprint density at radius 1 is 1.05 bits per heavy atom. The minimum absolute atomic E-state index is 0.0227. The van der Waals surface area contributed by atoms with E-state index in [2.05, 4.69) is 56.6 Å². The van der Waals surface area contributed by atoms with Gasteiger partial charge in [0.1, 0.15) is 18.9 Å². The number of hydrogen-bond acceptors (Lipinski definition) is 4. The Balaban J connectivity index is 1.48. The van der Waals surface area contributed by atoms with Crippen LogP contribution >= 0.6 is 11.3 Å². The second-order valence-electron chi connectivity index (χ2n) is 10.8. The van der Waals surface area contributed by atoms with Crippen LogP contribution in [0.25, 0.3) is 0 Å². The maximum absolute atomic E-state index is 13.7. The fraction of sp³-hybridized carbons (Fsp3) is 0.419. The van der Waals surface area contributed by atoms with Crippen LogP contribution < -0.4 is 10.1 Å². The summed E-state index contributed by atoms with van der Waals surface area (Å²) in [6.45, 7) is 11.9. The van der Waals surface area contributed by atoms with Gasteiger partial charge in [0, 0.05) is 23.7 Å². The van der Waals surface area contributed by atoms with Crippen molar-refractivity contribution in [3.8, 4) is 5.75 Å². The van der Waals surface area contributed by atoms with Crippen LogP contribution in [0, 0.1) is 12.8 Å². The molecule has 3 amide bonds. The van der Waals surface area contributed by atoms with Crippen molar-refractivity contribution in [3.63, 3.8) is 0 Å². The van der Waals surface area contributed by atoms with Gasteiger partial charge >= 0.3 is 6.03 Å². The van der Waals surface area contributed by atoms with Gasteiger partial charge in [0.25, 0.3) is 0 Å². The average molecular weight is 534 g/mol. The van der Waals surface area contributed by atoms with Gasteiger partial charge in [-0.25, -0.2) is 4.79 Å². The Kier molecular flexibility index (Phi) is 9.10. The van der Waals surface area contributed by atoms with Gasteiger partial charge in [-0.3, -0.25) is 4.79 Å². The van der Waals surface area contributed by atoms with Crippen molar-refractivity contribution in [1.29, 1.82) is 0 Å². The lowest BCUT2D eigenvalue weighted by atomic mass is 10.00. The number of carbonyl (C=O) groups excluding carboxylic acids is 2. The van der Waals surface area contributed by atoms with E-state index < -0.39 is 0 Å². The molecule has 2 heterocycles. The van der Waals surface area contributed by atoms with Crippen molar-refractivity contribution in [1.82, 2.24) is 9.80 Å². The van der Waals surface area contributed by atoms with E-state index in [9.17, 15) is 9.59 Å². The second-order valence-corrected chi connectivity index (χ2v) is 11.8. The third-order valence-electron chi connectivity index (χ3n) is 6.87. The van der Waals surface area contributed by atoms with Crippen LogP contribution in [-0.4, -0.2) is 48.0 Å². The highest BCUT2D eigenvalue weighted by atomic mass is 32.1. The number of anilines is 1. The lowest BCUT2D eigenvalue weighted by Crippen LogP contribution is -2.49. The number of amides is 3. The number of carbonyl (C=O) groups is 2. The molecular weight excluding hydrogens is 494 g/mol. The third-order valence-corrected chi connectivity index (χ3v) is 7.87. The zero-order chi connectivity index (χ0) is 27.2. The summed E-state index contributed by atoms with van der Waals surface area (Å²) >= 11 is 1.73. The Hall–Kier alpha value is -3.32. The predicted molar refractivity (Wildman–Crippen MR) is 155 cm³/mol. The van der Waals surface area contributed by atoms with E-state index >= 15 is 0 Å². The molecule has 1 aliphatic rings. The fourth-order valence-corrected chi connectivity index (χ4v) is 5.68. The molecule has 3 aromatic rings. The third kappa shape index (κ3) is 6.95. The highest BCUT2D eigenvalue weighted by Gasteiger charge is 2.33. The summed E-state index contributed by atoms with van der Waals surface area (Å²) in [7, 11) is 0. The van der Waals surface area contributed by atoms with E-state index in [1.54, 1.807) is 16.2 Å². The second kappa shape index (κ2) is 12.5. The van der Waals surface area contributed by atoms with Gasteiger partial charge in [-0.05, 0) is 72.0 Å². The molecular formula is C31H39N3O3S. The molecule has 38 heavy (non-hydrogen) atoms. The van der Waals surface area contributed by atoms with E-state index in [0.717, 1.165) is 29.0 Å². The van der Waals surface area contributed by atoms with Crippen molar-refractivity contribution in [2.24, 2.45) is 5.92 Å². The summed E-state index contributed by atoms with van der Waals surface area (Å²) in [5.41, 5.74) is 4.26. The summed E-state index contributed by atoms with van der Waals surface area (Å²) in [6, 6.07) is 17.5. The molecule has 2 aromatic carbocycles. The lowest BCUT2D eigenvalue weighted by molar-refractivity contribution is -0.135. The molecule has 0 spiro atoms. The number of ether oxygens (including phenoxy) is 1. The summed E-state index contributed by atoms with van der Waals surface area (Å²) in [5, 5.41) is 5.04. The molecule has 1 aromatic heterocycles. The van der Waals surface area contributed by atoms with Gasteiger partial charge in [0.2, 0.25) is 5.91 Å². The summed E-state index contributed by atoms with van der Waals surface area (Å²) in [6.07, 6.45) is 0.818. The minimum atomic E-state index is -0.262. The smallest absolute Gasteiger partial charge is 0.322 e. The summed E-state index contributed by atoms with van der Waals surface area (Å²) in [4.78, 5) is 31.7. The number of rotatable bonds is 9. The summed E-state index contributed by atoms with van der Waals surface area (Å²) < 4.78 is 6.21. The van der Waals surface area contributed by atoms with Gasteiger partial charge in [-0.1, -0.05) is 57.5 Å².